The smallest absolute Gasteiger partial charge is 0.330 e. The first kappa shape index (κ1) is 12.0. The molecule has 86 valence electrons. The molecule has 1 aliphatic carbocycles. The predicted molar refractivity (Wildman–Crippen MR) is 55.5 cm³/mol. The summed E-state index contributed by atoms with van der Waals surface area (Å²) in [4.78, 5) is 22.1. The highest BCUT2D eigenvalue weighted by molar-refractivity contribution is 6.01. The van der Waals surface area contributed by atoms with Gasteiger partial charge in [-0.15, -0.1) is 0 Å². The van der Waals surface area contributed by atoms with E-state index in [4.69, 9.17) is 5.11 Å². The van der Waals surface area contributed by atoms with E-state index in [2.05, 4.69) is 10.6 Å². The van der Waals surface area contributed by atoms with E-state index >= 15 is 0 Å². The molecule has 3 N–H and O–H groups in total. The lowest BCUT2D eigenvalue weighted by molar-refractivity contribution is -0.143. The first-order chi connectivity index (χ1) is 7.15. The van der Waals surface area contributed by atoms with Gasteiger partial charge >= 0.3 is 5.97 Å². The molecule has 0 aliphatic heterocycles. The number of rotatable bonds is 5. The highest BCUT2D eigenvalue weighted by atomic mass is 16.4. The minimum absolute atomic E-state index is 0.447. The Morgan fingerprint density at radius 1 is 1.40 bits per heavy atom. The maximum Gasteiger partial charge on any atom is 0.330 e. The Morgan fingerprint density at radius 3 is 2.47 bits per heavy atom. The zero-order valence-corrected chi connectivity index (χ0v) is 8.95. The third kappa shape index (κ3) is 3.51. The van der Waals surface area contributed by atoms with E-state index in [1.165, 1.54) is 19.9 Å². The van der Waals surface area contributed by atoms with E-state index < -0.39 is 17.9 Å². The average Bonchev–Trinajstić information content (AvgIpc) is 2.67. The van der Waals surface area contributed by atoms with Gasteiger partial charge in [0.05, 0.1) is 0 Å². The van der Waals surface area contributed by atoms with E-state index in [0.717, 1.165) is 12.8 Å². The van der Waals surface area contributed by atoms with Crippen molar-refractivity contribution in [3.8, 4) is 0 Å². The van der Waals surface area contributed by atoms with Crippen LogP contribution in [0.5, 0.6) is 0 Å². The zero-order chi connectivity index (χ0) is 11.3. The number of carboxylic acids is 1. The molecule has 0 saturated heterocycles. The summed E-state index contributed by atoms with van der Waals surface area (Å²) in [5.74, 6) is -1.06. The zero-order valence-electron chi connectivity index (χ0n) is 8.95. The van der Waals surface area contributed by atoms with E-state index in [-0.39, 0.29) is 0 Å². The van der Waals surface area contributed by atoms with Crippen LogP contribution in [0.4, 0.5) is 0 Å². The summed E-state index contributed by atoms with van der Waals surface area (Å²) < 4.78 is 0. The number of hydrogen-bond acceptors (Lipinski definition) is 3. The van der Waals surface area contributed by atoms with Crippen LogP contribution in [-0.2, 0) is 9.59 Å². The van der Waals surface area contributed by atoms with Crippen molar-refractivity contribution in [3.05, 3.63) is 0 Å². The Kier molecular flexibility index (Phi) is 4.55. The molecule has 0 aromatic heterocycles. The topological polar surface area (TPSA) is 78.4 Å². The third-order valence-electron chi connectivity index (χ3n) is 2.84. The Labute approximate surface area is 89.2 Å². The molecule has 1 fully saturated rings. The quantitative estimate of drug-likeness (QED) is 0.561. The number of carbonyl (C=O) groups excluding carboxylic acids is 1. The predicted octanol–water partition coefficient (Wildman–Crippen LogP) is -0.0346. The number of hydrogen-bond donors (Lipinski definition) is 3. The average molecular weight is 214 g/mol. The number of likely N-dealkylation sites (N-methyl/N-ethyl adjacent to an activating group) is 1. The Morgan fingerprint density at radius 2 is 2.00 bits per heavy atom. The highest BCUT2D eigenvalue weighted by Gasteiger charge is 2.25. The molecule has 0 radical (unpaired) electrons. The molecule has 0 aromatic rings. The monoisotopic (exact) mass is 214 g/mol. The lowest BCUT2D eigenvalue weighted by atomic mass is 10.1. The molecule has 1 saturated carbocycles. The summed E-state index contributed by atoms with van der Waals surface area (Å²) in [5, 5.41) is 13.9. The van der Waals surface area contributed by atoms with Crippen LogP contribution in [0.1, 0.15) is 25.7 Å². The molecule has 0 aromatic carbocycles. The van der Waals surface area contributed by atoms with Gasteiger partial charge in [0.15, 0.2) is 6.04 Å². The molecule has 5 heteroatoms. The van der Waals surface area contributed by atoms with Crippen LogP contribution in [0, 0.1) is 5.92 Å². The number of carboxylic acid groups (broad SMARTS) is 1. The van der Waals surface area contributed by atoms with Gasteiger partial charge in [-0.25, -0.2) is 4.79 Å². The summed E-state index contributed by atoms with van der Waals surface area (Å²) in [6.45, 7) is 0.601. The molecule has 5 nitrogen and oxygen atoms in total. The molecule has 0 bridgehead atoms. The van der Waals surface area contributed by atoms with Crippen molar-refractivity contribution in [1.82, 2.24) is 10.6 Å². The van der Waals surface area contributed by atoms with Crippen LogP contribution in [0.3, 0.4) is 0 Å². The van der Waals surface area contributed by atoms with Gasteiger partial charge in [-0.05, 0) is 25.8 Å². The summed E-state index contributed by atoms with van der Waals surface area (Å²) in [7, 11) is 1.47. The van der Waals surface area contributed by atoms with Crippen LogP contribution >= 0.6 is 0 Å². The largest absolute Gasteiger partial charge is 0.480 e. The number of aliphatic carboxylic acids is 1. The highest BCUT2D eigenvalue weighted by Crippen LogP contribution is 2.23. The second-order valence-corrected chi connectivity index (χ2v) is 3.96. The maximum absolute atomic E-state index is 11.4. The second kappa shape index (κ2) is 5.70. The first-order valence-corrected chi connectivity index (χ1v) is 5.33. The SMILES string of the molecule is CNC(C(=O)O)C(=O)NCC1CCCC1. The minimum Gasteiger partial charge on any atom is -0.480 e. The second-order valence-electron chi connectivity index (χ2n) is 3.96. The number of carbonyl (C=O) groups is 2. The molecule has 1 rings (SSSR count). The molecule has 1 amide bonds. The minimum atomic E-state index is -1.14. The summed E-state index contributed by atoms with van der Waals surface area (Å²) >= 11 is 0. The summed E-state index contributed by atoms with van der Waals surface area (Å²) in [6.07, 6.45) is 4.71. The molecular weight excluding hydrogens is 196 g/mol. The maximum atomic E-state index is 11.4. The van der Waals surface area contributed by atoms with Gasteiger partial charge in [-0.3, -0.25) is 10.1 Å². The molecule has 15 heavy (non-hydrogen) atoms. The standard InChI is InChI=1S/C10H18N2O3/c1-11-8(10(14)15)9(13)12-6-7-4-2-3-5-7/h7-8,11H,2-6H2,1H3,(H,12,13)(H,14,15). The lowest BCUT2D eigenvalue weighted by Crippen LogP contribution is -2.48. The van der Waals surface area contributed by atoms with Crippen molar-refractivity contribution in [1.29, 1.82) is 0 Å². The molecule has 0 heterocycles. The van der Waals surface area contributed by atoms with E-state index in [1.807, 2.05) is 0 Å². The van der Waals surface area contributed by atoms with Gasteiger partial charge in [0.25, 0.3) is 0 Å². The number of nitrogens with one attached hydrogen (secondary N) is 2. The van der Waals surface area contributed by atoms with Crippen molar-refractivity contribution in [2.75, 3.05) is 13.6 Å². The van der Waals surface area contributed by atoms with Crippen LogP contribution in [0.25, 0.3) is 0 Å². The van der Waals surface area contributed by atoms with Crippen LogP contribution in [0.2, 0.25) is 0 Å². The third-order valence-corrected chi connectivity index (χ3v) is 2.84. The van der Waals surface area contributed by atoms with Gasteiger partial charge in [-0.1, -0.05) is 12.8 Å². The van der Waals surface area contributed by atoms with Gasteiger partial charge in [0.1, 0.15) is 0 Å². The molecule has 1 atom stereocenters. The van der Waals surface area contributed by atoms with E-state index in [1.54, 1.807) is 0 Å². The number of amides is 1. The normalized spacial score (nSPS) is 18.7. The van der Waals surface area contributed by atoms with Gasteiger partial charge < -0.3 is 10.4 Å². The van der Waals surface area contributed by atoms with Gasteiger partial charge in [-0.2, -0.15) is 0 Å². The van der Waals surface area contributed by atoms with Crippen molar-refractivity contribution >= 4 is 11.9 Å². The Hall–Kier alpha value is -1.10. The van der Waals surface area contributed by atoms with E-state index in [0.29, 0.717) is 12.5 Å². The van der Waals surface area contributed by atoms with Crippen LogP contribution in [-0.4, -0.2) is 36.6 Å². The molecule has 0 spiro atoms. The summed E-state index contributed by atoms with van der Waals surface area (Å²) in [5.41, 5.74) is 0. The fraction of sp³-hybridized carbons (Fsp3) is 0.800. The van der Waals surface area contributed by atoms with Crippen molar-refractivity contribution < 1.29 is 14.7 Å². The van der Waals surface area contributed by atoms with E-state index in [9.17, 15) is 9.59 Å². The molecule has 1 aliphatic rings. The fourth-order valence-corrected chi connectivity index (χ4v) is 1.93. The summed E-state index contributed by atoms with van der Waals surface area (Å²) in [6, 6.07) is -1.13. The first-order valence-electron chi connectivity index (χ1n) is 5.33. The van der Waals surface area contributed by atoms with Crippen molar-refractivity contribution in [3.63, 3.8) is 0 Å². The lowest BCUT2D eigenvalue weighted by Gasteiger charge is -2.14. The molecule has 1 unspecified atom stereocenters. The van der Waals surface area contributed by atoms with Crippen molar-refractivity contribution in [2.24, 2.45) is 5.92 Å². The van der Waals surface area contributed by atoms with Crippen LogP contribution in [0.15, 0.2) is 0 Å². The van der Waals surface area contributed by atoms with Crippen LogP contribution < -0.4 is 10.6 Å². The van der Waals surface area contributed by atoms with Gasteiger partial charge in [0.2, 0.25) is 5.91 Å². The fourth-order valence-electron chi connectivity index (χ4n) is 1.93. The Bertz CT molecular complexity index is 237. The Balaban J connectivity index is 2.30. The van der Waals surface area contributed by atoms with Gasteiger partial charge in [0, 0.05) is 6.54 Å². The molecular formula is C10H18N2O3. The van der Waals surface area contributed by atoms with Crippen molar-refractivity contribution in [2.45, 2.75) is 31.7 Å².